The summed E-state index contributed by atoms with van der Waals surface area (Å²) in [7, 11) is 0. The second kappa shape index (κ2) is 11.4. The van der Waals surface area contributed by atoms with E-state index in [0.29, 0.717) is 19.5 Å². The van der Waals surface area contributed by atoms with E-state index in [-0.39, 0.29) is 30.7 Å². The second-order valence-electron chi connectivity index (χ2n) is 4.33. The molecule has 0 saturated carbocycles. The van der Waals surface area contributed by atoms with E-state index in [9.17, 15) is 4.79 Å². The highest BCUT2D eigenvalue weighted by molar-refractivity contribution is 7.09. The number of rotatable bonds is 7. The molecule has 8 heteroatoms. The van der Waals surface area contributed by atoms with Crippen LogP contribution in [-0.2, 0) is 11.2 Å². The molecule has 22 heavy (non-hydrogen) atoms. The van der Waals surface area contributed by atoms with Gasteiger partial charge in [0, 0.05) is 31.0 Å². The third-order valence-electron chi connectivity index (χ3n) is 2.75. The summed E-state index contributed by atoms with van der Waals surface area (Å²) in [6.07, 6.45) is 3.72. The lowest BCUT2D eigenvalue weighted by atomic mass is 10.3. The third kappa shape index (κ3) is 6.70. The number of carbonyl (C=O) groups is 1. The maximum atomic E-state index is 11.4. The molecule has 2 aromatic heterocycles. The van der Waals surface area contributed by atoms with Crippen LogP contribution in [0.3, 0.4) is 0 Å². The molecule has 3 N–H and O–H groups in total. The van der Waals surface area contributed by atoms with E-state index in [0.717, 1.165) is 29.2 Å². The largest absolute Gasteiger partial charge is 0.356 e. The molecule has 0 aromatic carbocycles. The van der Waals surface area contributed by atoms with E-state index in [2.05, 4.69) is 15.3 Å². The van der Waals surface area contributed by atoms with Crippen molar-refractivity contribution in [3.8, 4) is 11.4 Å². The lowest BCUT2D eigenvalue weighted by Crippen LogP contribution is -2.25. The molecule has 2 rings (SSSR count). The van der Waals surface area contributed by atoms with Crippen molar-refractivity contribution in [1.29, 1.82) is 0 Å². The first-order valence-corrected chi connectivity index (χ1v) is 7.50. The Hall–Kier alpha value is -1.21. The van der Waals surface area contributed by atoms with Crippen LogP contribution in [0.1, 0.15) is 17.8 Å². The smallest absolute Gasteiger partial charge is 0.220 e. The zero-order valence-electron chi connectivity index (χ0n) is 12.0. The molecule has 0 fully saturated rings. The molecule has 0 atom stereocenters. The quantitative estimate of drug-likeness (QED) is 0.792. The van der Waals surface area contributed by atoms with Crippen molar-refractivity contribution in [3.63, 3.8) is 0 Å². The summed E-state index contributed by atoms with van der Waals surface area (Å²) in [4.78, 5) is 20.2. The Balaban J connectivity index is 0.00000220. The minimum atomic E-state index is 0. The van der Waals surface area contributed by atoms with Crippen LogP contribution in [0.4, 0.5) is 0 Å². The highest BCUT2D eigenvalue weighted by Gasteiger charge is 2.06. The van der Waals surface area contributed by atoms with Gasteiger partial charge in [0.05, 0.1) is 16.4 Å². The van der Waals surface area contributed by atoms with Gasteiger partial charge in [0.25, 0.3) is 0 Å². The van der Waals surface area contributed by atoms with Crippen LogP contribution in [0, 0.1) is 0 Å². The van der Waals surface area contributed by atoms with Gasteiger partial charge < -0.3 is 11.1 Å². The number of carbonyl (C=O) groups excluding carboxylic acids is 1. The van der Waals surface area contributed by atoms with Crippen molar-refractivity contribution in [3.05, 3.63) is 34.8 Å². The highest BCUT2D eigenvalue weighted by Crippen LogP contribution is 2.19. The molecule has 0 radical (unpaired) electrons. The fourth-order valence-corrected chi connectivity index (χ4v) is 2.51. The van der Waals surface area contributed by atoms with Gasteiger partial charge in [-0.05, 0) is 25.1 Å². The molecule has 0 aliphatic rings. The Labute approximate surface area is 146 Å². The van der Waals surface area contributed by atoms with Gasteiger partial charge in [-0.1, -0.05) is 6.07 Å². The molecule has 122 valence electrons. The number of halogens is 2. The molecule has 0 unspecified atom stereocenters. The number of thiazole rings is 1. The van der Waals surface area contributed by atoms with Crippen LogP contribution in [-0.4, -0.2) is 29.0 Å². The number of aromatic nitrogens is 2. The predicted octanol–water partition coefficient (Wildman–Crippen LogP) is 2.45. The molecule has 0 aliphatic carbocycles. The van der Waals surface area contributed by atoms with E-state index in [4.69, 9.17) is 5.73 Å². The van der Waals surface area contributed by atoms with Crippen LogP contribution < -0.4 is 11.1 Å². The second-order valence-corrected chi connectivity index (χ2v) is 5.28. The van der Waals surface area contributed by atoms with Crippen LogP contribution >= 0.6 is 36.2 Å². The van der Waals surface area contributed by atoms with Crippen LogP contribution in [0.25, 0.3) is 11.4 Å². The Morgan fingerprint density at radius 2 is 2.09 bits per heavy atom. The summed E-state index contributed by atoms with van der Waals surface area (Å²) < 4.78 is 0. The van der Waals surface area contributed by atoms with E-state index in [1.807, 2.05) is 23.6 Å². The molecular weight excluding hydrogens is 343 g/mol. The Bertz CT molecular complexity index is 551. The molecule has 1 amide bonds. The van der Waals surface area contributed by atoms with Crippen molar-refractivity contribution in [2.24, 2.45) is 5.73 Å². The lowest BCUT2D eigenvalue weighted by molar-refractivity contribution is -0.121. The first kappa shape index (κ1) is 20.8. The van der Waals surface area contributed by atoms with E-state index >= 15 is 0 Å². The molecule has 0 spiro atoms. The van der Waals surface area contributed by atoms with Crippen molar-refractivity contribution in [1.82, 2.24) is 15.3 Å². The number of pyridine rings is 1. The van der Waals surface area contributed by atoms with Crippen molar-refractivity contribution in [2.45, 2.75) is 19.3 Å². The summed E-state index contributed by atoms with van der Waals surface area (Å²) in [6, 6.07) is 5.76. The average molecular weight is 363 g/mol. The number of nitrogens with one attached hydrogen (secondary N) is 1. The van der Waals surface area contributed by atoms with Gasteiger partial charge in [0.2, 0.25) is 5.91 Å². The zero-order valence-corrected chi connectivity index (χ0v) is 14.5. The normalized spacial score (nSPS) is 9.50. The van der Waals surface area contributed by atoms with E-state index < -0.39 is 0 Å². The van der Waals surface area contributed by atoms with Crippen molar-refractivity contribution in [2.75, 3.05) is 13.1 Å². The average Bonchev–Trinajstić information content (AvgIpc) is 2.95. The number of nitrogens with zero attached hydrogens (tertiary/aromatic N) is 2. The molecule has 0 saturated heterocycles. The molecule has 2 aromatic rings. The standard InChI is InChI=1S/C14H18N4OS.2ClH/c15-7-3-5-13(19)17-9-6-14-18-12(10-20-14)11-4-1-2-8-16-11;;/h1-2,4,8,10H,3,5-7,9,15H2,(H,17,19);2*1H. The molecular formula is C14H20Cl2N4OS. The summed E-state index contributed by atoms with van der Waals surface area (Å²) in [5.41, 5.74) is 7.13. The molecule has 5 nitrogen and oxygen atoms in total. The number of nitrogens with two attached hydrogens (primary N) is 1. The van der Waals surface area contributed by atoms with Gasteiger partial charge >= 0.3 is 0 Å². The fourth-order valence-electron chi connectivity index (χ4n) is 1.72. The lowest BCUT2D eigenvalue weighted by Gasteiger charge is -2.02. The van der Waals surface area contributed by atoms with Gasteiger partial charge in [0.1, 0.15) is 0 Å². The predicted molar refractivity (Wildman–Crippen MR) is 94.8 cm³/mol. The number of hydrogen-bond acceptors (Lipinski definition) is 5. The number of amides is 1. The minimum Gasteiger partial charge on any atom is -0.356 e. The summed E-state index contributed by atoms with van der Waals surface area (Å²) in [6.45, 7) is 1.16. The van der Waals surface area contributed by atoms with Gasteiger partial charge in [-0.2, -0.15) is 0 Å². The Morgan fingerprint density at radius 1 is 1.27 bits per heavy atom. The summed E-state index contributed by atoms with van der Waals surface area (Å²) >= 11 is 1.59. The monoisotopic (exact) mass is 362 g/mol. The van der Waals surface area contributed by atoms with Gasteiger partial charge in [-0.15, -0.1) is 36.2 Å². The summed E-state index contributed by atoms with van der Waals surface area (Å²) in [5, 5.41) is 5.87. The van der Waals surface area contributed by atoms with Gasteiger partial charge in [-0.3, -0.25) is 9.78 Å². The van der Waals surface area contributed by atoms with Gasteiger partial charge in [-0.25, -0.2) is 4.98 Å². The van der Waals surface area contributed by atoms with Crippen LogP contribution in [0.2, 0.25) is 0 Å². The van der Waals surface area contributed by atoms with Crippen LogP contribution in [0.5, 0.6) is 0 Å². The molecule has 0 aliphatic heterocycles. The first-order chi connectivity index (χ1) is 9.79. The topological polar surface area (TPSA) is 80.9 Å². The Morgan fingerprint density at radius 3 is 2.77 bits per heavy atom. The third-order valence-corrected chi connectivity index (χ3v) is 3.66. The molecule has 0 bridgehead atoms. The van der Waals surface area contributed by atoms with E-state index in [1.165, 1.54) is 0 Å². The fraction of sp³-hybridized carbons (Fsp3) is 0.357. The Kier molecular flexibility index (Phi) is 10.7. The summed E-state index contributed by atoms with van der Waals surface area (Å²) in [5.74, 6) is 0.0527. The maximum absolute atomic E-state index is 11.4. The van der Waals surface area contributed by atoms with Crippen LogP contribution in [0.15, 0.2) is 29.8 Å². The minimum absolute atomic E-state index is 0. The first-order valence-electron chi connectivity index (χ1n) is 6.62. The number of hydrogen-bond donors (Lipinski definition) is 2. The van der Waals surface area contributed by atoms with E-state index in [1.54, 1.807) is 17.5 Å². The SMILES string of the molecule is Cl.Cl.NCCCC(=O)NCCc1nc(-c2ccccn2)cs1. The maximum Gasteiger partial charge on any atom is 0.220 e. The van der Waals surface area contributed by atoms with Gasteiger partial charge in [0.15, 0.2) is 0 Å². The van der Waals surface area contributed by atoms with Crippen molar-refractivity contribution >= 4 is 42.1 Å². The zero-order chi connectivity index (χ0) is 14.2. The van der Waals surface area contributed by atoms with Crippen molar-refractivity contribution < 1.29 is 4.79 Å². The highest BCUT2D eigenvalue weighted by atomic mass is 35.5. The molecule has 2 heterocycles.